The second kappa shape index (κ2) is 10.6. The maximum Gasteiger partial charge on any atom is 0.235 e. The van der Waals surface area contributed by atoms with Gasteiger partial charge >= 0.3 is 0 Å². The minimum absolute atomic E-state index is 0.150. The molecule has 4 rings (SSSR count). The van der Waals surface area contributed by atoms with E-state index in [4.69, 9.17) is 4.74 Å². The fourth-order valence-electron chi connectivity index (χ4n) is 4.10. The molecule has 1 aliphatic carbocycles. The van der Waals surface area contributed by atoms with Gasteiger partial charge in [0.15, 0.2) is 11.0 Å². The lowest BCUT2D eigenvalue weighted by atomic mass is 9.86. The van der Waals surface area contributed by atoms with E-state index in [0.717, 1.165) is 48.1 Å². The molecule has 1 amide bonds. The number of anilines is 1. The summed E-state index contributed by atoms with van der Waals surface area (Å²) in [6.07, 6.45) is 4.18. The zero-order chi connectivity index (χ0) is 24.2. The molecule has 1 atom stereocenters. The molecule has 7 nitrogen and oxygen atoms in total. The Morgan fingerprint density at radius 3 is 2.97 bits per heavy atom. The van der Waals surface area contributed by atoms with Crippen LogP contribution in [0.3, 0.4) is 0 Å². The average molecular weight is 496 g/mol. The van der Waals surface area contributed by atoms with Crippen LogP contribution in [-0.4, -0.2) is 26.4 Å². The van der Waals surface area contributed by atoms with Gasteiger partial charge in [0.25, 0.3) is 0 Å². The first-order chi connectivity index (χ1) is 16.4. The molecule has 2 heterocycles. The quantitative estimate of drug-likeness (QED) is 0.432. The number of nitrogens with zero attached hydrogens (tertiary/aromatic N) is 4. The molecule has 0 radical (unpaired) electrons. The van der Waals surface area contributed by atoms with E-state index in [1.54, 1.807) is 11.3 Å². The molecule has 9 heteroatoms. The number of carbonyl (C=O) groups excluding carboxylic acids is 1. The zero-order valence-corrected chi connectivity index (χ0v) is 21.6. The normalized spacial score (nSPS) is 15.0. The van der Waals surface area contributed by atoms with E-state index in [1.165, 1.54) is 16.6 Å². The van der Waals surface area contributed by atoms with Crippen molar-refractivity contribution in [2.24, 2.45) is 13.0 Å². The Morgan fingerprint density at radius 2 is 2.21 bits per heavy atom. The SMILES string of the molecule is CCC1CCc2c(sc(NC(=O)CSc3nnc(COc4cc(C)ccc4C)n3C)c2C#N)C1. The zero-order valence-electron chi connectivity index (χ0n) is 20.0. The Labute approximate surface area is 208 Å². The van der Waals surface area contributed by atoms with Crippen LogP contribution in [0, 0.1) is 31.1 Å². The van der Waals surface area contributed by atoms with E-state index in [0.29, 0.717) is 34.1 Å². The smallest absolute Gasteiger partial charge is 0.235 e. The number of aromatic nitrogens is 3. The van der Waals surface area contributed by atoms with E-state index in [2.05, 4.69) is 34.6 Å². The number of carbonyl (C=O) groups is 1. The monoisotopic (exact) mass is 495 g/mol. The van der Waals surface area contributed by atoms with Gasteiger partial charge in [-0.15, -0.1) is 21.5 Å². The molecule has 34 heavy (non-hydrogen) atoms. The van der Waals surface area contributed by atoms with Gasteiger partial charge in [-0.1, -0.05) is 37.2 Å². The first-order valence-corrected chi connectivity index (χ1v) is 13.2. The van der Waals surface area contributed by atoms with Crippen molar-refractivity contribution in [3.8, 4) is 11.8 Å². The second-order valence-electron chi connectivity index (χ2n) is 8.69. The van der Waals surface area contributed by atoms with Crippen molar-refractivity contribution in [3.63, 3.8) is 0 Å². The fraction of sp³-hybridized carbons (Fsp3) is 0.440. The summed E-state index contributed by atoms with van der Waals surface area (Å²) in [5.74, 6) is 2.22. The molecule has 1 aromatic carbocycles. The van der Waals surface area contributed by atoms with E-state index >= 15 is 0 Å². The third-order valence-corrected chi connectivity index (χ3v) is 8.46. The Bertz CT molecular complexity index is 1240. The van der Waals surface area contributed by atoms with Gasteiger partial charge in [0, 0.05) is 11.9 Å². The van der Waals surface area contributed by atoms with Crippen molar-refractivity contribution < 1.29 is 9.53 Å². The molecule has 0 saturated carbocycles. The van der Waals surface area contributed by atoms with Crippen LogP contribution in [0.15, 0.2) is 23.4 Å². The molecule has 1 unspecified atom stereocenters. The second-order valence-corrected chi connectivity index (χ2v) is 10.7. The lowest BCUT2D eigenvalue weighted by molar-refractivity contribution is -0.113. The van der Waals surface area contributed by atoms with Crippen LogP contribution >= 0.6 is 23.1 Å². The van der Waals surface area contributed by atoms with Crippen molar-refractivity contribution in [1.82, 2.24) is 14.8 Å². The van der Waals surface area contributed by atoms with Crippen LogP contribution in [-0.2, 0) is 31.3 Å². The number of nitrogens with one attached hydrogen (secondary N) is 1. The molecular weight excluding hydrogens is 466 g/mol. The highest BCUT2D eigenvalue weighted by Crippen LogP contribution is 2.40. The van der Waals surface area contributed by atoms with E-state index in [1.807, 2.05) is 37.6 Å². The summed E-state index contributed by atoms with van der Waals surface area (Å²) < 4.78 is 7.79. The van der Waals surface area contributed by atoms with Crippen molar-refractivity contribution in [2.75, 3.05) is 11.1 Å². The van der Waals surface area contributed by atoms with Crippen LogP contribution in [0.5, 0.6) is 5.75 Å². The van der Waals surface area contributed by atoms with E-state index in [-0.39, 0.29) is 11.7 Å². The van der Waals surface area contributed by atoms with E-state index < -0.39 is 0 Å². The molecule has 0 aliphatic heterocycles. The van der Waals surface area contributed by atoms with Crippen molar-refractivity contribution in [3.05, 3.63) is 51.2 Å². The van der Waals surface area contributed by atoms with Gasteiger partial charge in [0.2, 0.25) is 5.91 Å². The Kier molecular flexibility index (Phi) is 7.59. The molecule has 0 saturated heterocycles. The predicted molar refractivity (Wildman–Crippen MR) is 135 cm³/mol. The van der Waals surface area contributed by atoms with Gasteiger partial charge < -0.3 is 14.6 Å². The summed E-state index contributed by atoms with van der Waals surface area (Å²) in [4.78, 5) is 13.9. The Balaban J connectivity index is 1.35. The molecule has 0 fully saturated rings. The minimum Gasteiger partial charge on any atom is -0.485 e. The highest BCUT2D eigenvalue weighted by Gasteiger charge is 2.26. The molecule has 1 aliphatic rings. The highest BCUT2D eigenvalue weighted by molar-refractivity contribution is 7.99. The molecule has 178 valence electrons. The standard InChI is InChI=1S/C25H29N5O2S2/c1-5-17-8-9-18-19(12-26)24(34-21(18)11-17)27-23(31)14-33-25-29-28-22(30(25)4)13-32-20-10-15(2)6-7-16(20)3/h6-7,10,17H,5,8-9,11,13-14H2,1-4H3,(H,27,31). The lowest BCUT2D eigenvalue weighted by Gasteiger charge is -2.20. The number of nitriles is 1. The van der Waals surface area contributed by atoms with Gasteiger partial charge in [0.05, 0.1) is 11.3 Å². The number of aryl methyl sites for hydroxylation is 2. The average Bonchev–Trinajstić information content (AvgIpc) is 3.36. The number of hydrogen-bond acceptors (Lipinski definition) is 7. The highest BCUT2D eigenvalue weighted by atomic mass is 32.2. The molecule has 0 bridgehead atoms. The number of rotatable bonds is 8. The van der Waals surface area contributed by atoms with Crippen LogP contribution in [0.1, 0.15) is 52.7 Å². The van der Waals surface area contributed by atoms with Crippen LogP contribution in [0.2, 0.25) is 0 Å². The maximum absolute atomic E-state index is 12.7. The summed E-state index contributed by atoms with van der Waals surface area (Å²) in [6.45, 7) is 6.55. The first kappa shape index (κ1) is 24.3. The van der Waals surface area contributed by atoms with Crippen molar-refractivity contribution >= 4 is 34.0 Å². The molecule has 3 aromatic rings. The summed E-state index contributed by atoms with van der Waals surface area (Å²) in [6, 6.07) is 8.40. The fourth-order valence-corrected chi connectivity index (χ4v) is 6.16. The van der Waals surface area contributed by atoms with Crippen LogP contribution in [0.25, 0.3) is 0 Å². The number of hydrogen-bond donors (Lipinski definition) is 1. The summed E-state index contributed by atoms with van der Waals surface area (Å²) in [7, 11) is 1.87. The molecule has 2 aromatic heterocycles. The number of ether oxygens (including phenoxy) is 1. The third kappa shape index (κ3) is 5.29. The van der Waals surface area contributed by atoms with Crippen LogP contribution < -0.4 is 10.1 Å². The first-order valence-electron chi connectivity index (χ1n) is 11.4. The van der Waals surface area contributed by atoms with Gasteiger partial charge in [-0.05, 0) is 61.8 Å². The van der Waals surface area contributed by atoms with Gasteiger partial charge in [-0.25, -0.2) is 0 Å². The number of thiophene rings is 1. The number of benzene rings is 1. The number of fused-ring (bicyclic) bond motifs is 1. The van der Waals surface area contributed by atoms with Gasteiger partial charge in [-0.3, -0.25) is 4.79 Å². The topological polar surface area (TPSA) is 92.8 Å². The number of amides is 1. The summed E-state index contributed by atoms with van der Waals surface area (Å²) in [5.41, 5.74) is 3.97. The Hall–Kier alpha value is -2.83. The van der Waals surface area contributed by atoms with Crippen molar-refractivity contribution in [2.45, 2.75) is 58.2 Å². The Morgan fingerprint density at radius 1 is 1.38 bits per heavy atom. The summed E-state index contributed by atoms with van der Waals surface area (Å²) >= 11 is 2.87. The maximum atomic E-state index is 12.7. The number of thioether (sulfide) groups is 1. The summed E-state index contributed by atoms with van der Waals surface area (Å²) in [5, 5.41) is 22.4. The minimum atomic E-state index is -0.150. The largest absolute Gasteiger partial charge is 0.485 e. The molecule has 0 spiro atoms. The lowest BCUT2D eigenvalue weighted by Crippen LogP contribution is -2.15. The third-order valence-electron chi connectivity index (χ3n) is 6.27. The molecule has 1 N–H and O–H groups in total. The van der Waals surface area contributed by atoms with Crippen LogP contribution in [0.4, 0.5) is 5.00 Å². The predicted octanol–water partition coefficient (Wildman–Crippen LogP) is 5.19. The molecular formula is C25H29N5O2S2. The van der Waals surface area contributed by atoms with Gasteiger partial charge in [0.1, 0.15) is 23.4 Å². The van der Waals surface area contributed by atoms with E-state index in [9.17, 15) is 10.1 Å². The van der Waals surface area contributed by atoms with Gasteiger partial charge in [-0.2, -0.15) is 5.26 Å². The van der Waals surface area contributed by atoms with Crippen molar-refractivity contribution in [1.29, 1.82) is 5.26 Å².